The van der Waals surface area contributed by atoms with Crippen molar-refractivity contribution in [3.05, 3.63) is 29.8 Å². The van der Waals surface area contributed by atoms with Gasteiger partial charge in [-0.2, -0.15) is 0 Å². The van der Waals surface area contributed by atoms with Crippen molar-refractivity contribution < 1.29 is 14.3 Å². The molecule has 2 rings (SSSR count). The highest BCUT2D eigenvalue weighted by Gasteiger charge is 2.44. The van der Waals surface area contributed by atoms with Gasteiger partial charge in [-0.05, 0) is 58.6 Å². The maximum absolute atomic E-state index is 12.4. The Morgan fingerprint density at radius 3 is 2.41 bits per heavy atom. The highest BCUT2D eigenvalue weighted by Crippen LogP contribution is 2.36. The highest BCUT2D eigenvalue weighted by atomic mass is 32.2. The van der Waals surface area contributed by atoms with E-state index >= 15 is 0 Å². The fourth-order valence-corrected chi connectivity index (χ4v) is 2.85. The standard InChI is InChI=1S/C17H25NO3S/c1-16(2,3)21-15(19)18-11-14(20-17(18,4)5)12-7-9-13(22-6)10-8-12/h7-10,14H,11H2,1-6H3. The third kappa shape index (κ3) is 3.96. The second kappa shape index (κ2) is 6.13. The molecule has 1 aliphatic heterocycles. The Balaban J connectivity index is 2.13. The summed E-state index contributed by atoms with van der Waals surface area (Å²) in [6, 6.07) is 8.27. The molecular formula is C17H25NO3S. The lowest BCUT2D eigenvalue weighted by atomic mass is 10.1. The minimum Gasteiger partial charge on any atom is -0.444 e. The Labute approximate surface area is 137 Å². The molecule has 1 aliphatic rings. The van der Waals surface area contributed by atoms with E-state index in [4.69, 9.17) is 9.47 Å². The van der Waals surface area contributed by atoms with Gasteiger partial charge in [0.15, 0.2) is 0 Å². The number of hydrogen-bond donors (Lipinski definition) is 0. The molecule has 22 heavy (non-hydrogen) atoms. The molecule has 1 saturated heterocycles. The number of hydrogen-bond acceptors (Lipinski definition) is 4. The minimum absolute atomic E-state index is 0.126. The number of rotatable bonds is 2. The van der Waals surface area contributed by atoms with Gasteiger partial charge >= 0.3 is 6.09 Å². The van der Waals surface area contributed by atoms with Crippen LogP contribution in [-0.4, -0.2) is 35.1 Å². The average Bonchev–Trinajstić information content (AvgIpc) is 2.73. The van der Waals surface area contributed by atoms with Gasteiger partial charge in [-0.25, -0.2) is 4.79 Å². The summed E-state index contributed by atoms with van der Waals surface area (Å²) >= 11 is 1.71. The summed E-state index contributed by atoms with van der Waals surface area (Å²) in [6.45, 7) is 9.90. The quantitative estimate of drug-likeness (QED) is 0.754. The van der Waals surface area contributed by atoms with Crippen LogP contribution < -0.4 is 0 Å². The van der Waals surface area contributed by atoms with Crippen LogP contribution in [0.2, 0.25) is 0 Å². The molecule has 122 valence electrons. The van der Waals surface area contributed by atoms with Gasteiger partial charge in [0.2, 0.25) is 0 Å². The third-order valence-electron chi connectivity index (χ3n) is 3.53. The molecule has 1 aromatic rings. The maximum Gasteiger partial charge on any atom is 0.412 e. The smallest absolute Gasteiger partial charge is 0.412 e. The highest BCUT2D eigenvalue weighted by molar-refractivity contribution is 7.98. The molecule has 5 heteroatoms. The number of nitrogens with zero attached hydrogens (tertiary/aromatic N) is 1. The third-order valence-corrected chi connectivity index (χ3v) is 4.27. The van der Waals surface area contributed by atoms with Crippen LogP contribution in [0.4, 0.5) is 4.79 Å². The van der Waals surface area contributed by atoms with Crippen LogP contribution >= 0.6 is 11.8 Å². The van der Waals surface area contributed by atoms with E-state index < -0.39 is 11.3 Å². The lowest BCUT2D eigenvalue weighted by Gasteiger charge is -2.31. The summed E-state index contributed by atoms with van der Waals surface area (Å²) in [5, 5.41) is 0. The van der Waals surface area contributed by atoms with Gasteiger partial charge in [0, 0.05) is 4.90 Å². The molecule has 1 fully saturated rings. The maximum atomic E-state index is 12.4. The Morgan fingerprint density at radius 1 is 1.32 bits per heavy atom. The summed E-state index contributed by atoms with van der Waals surface area (Å²) in [5.41, 5.74) is -0.104. The van der Waals surface area contributed by atoms with Gasteiger partial charge in [-0.15, -0.1) is 11.8 Å². The zero-order valence-corrected chi connectivity index (χ0v) is 15.0. The van der Waals surface area contributed by atoms with E-state index in [9.17, 15) is 4.79 Å². The Morgan fingerprint density at radius 2 is 1.91 bits per heavy atom. The average molecular weight is 323 g/mol. The van der Waals surface area contributed by atoms with E-state index in [-0.39, 0.29) is 12.2 Å². The van der Waals surface area contributed by atoms with Crippen molar-refractivity contribution in [2.75, 3.05) is 12.8 Å². The monoisotopic (exact) mass is 323 g/mol. The molecule has 0 spiro atoms. The Bertz CT molecular complexity index is 534. The van der Waals surface area contributed by atoms with Crippen molar-refractivity contribution in [3.8, 4) is 0 Å². The van der Waals surface area contributed by atoms with E-state index in [0.717, 1.165) is 5.56 Å². The first kappa shape index (κ1) is 17.2. The number of benzene rings is 1. The van der Waals surface area contributed by atoms with Crippen LogP contribution in [0.15, 0.2) is 29.2 Å². The van der Waals surface area contributed by atoms with Crippen molar-refractivity contribution >= 4 is 17.9 Å². The van der Waals surface area contributed by atoms with Crippen LogP contribution in [-0.2, 0) is 9.47 Å². The largest absolute Gasteiger partial charge is 0.444 e. The molecule has 0 aliphatic carbocycles. The molecule has 1 atom stereocenters. The molecule has 1 unspecified atom stereocenters. The number of ether oxygens (including phenoxy) is 2. The fraction of sp³-hybridized carbons (Fsp3) is 0.588. The summed E-state index contributed by atoms with van der Waals surface area (Å²) < 4.78 is 11.6. The Kier molecular flexibility index (Phi) is 4.78. The van der Waals surface area contributed by atoms with E-state index in [0.29, 0.717) is 6.54 Å². The first-order valence-electron chi connectivity index (χ1n) is 7.45. The molecule has 0 aromatic heterocycles. The van der Waals surface area contributed by atoms with Gasteiger partial charge < -0.3 is 9.47 Å². The second-order valence-corrected chi connectivity index (χ2v) is 7.80. The van der Waals surface area contributed by atoms with Crippen molar-refractivity contribution in [1.82, 2.24) is 4.90 Å². The molecule has 0 N–H and O–H groups in total. The molecule has 0 radical (unpaired) electrons. The van der Waals surface area contributed by atoms with Crippen molar-refractivity contribution in [1.29, 1.82) is 0 Å². The molecule has 0 bridgehead atoms. The fourth-order valence-electron chi connectivity index (χ4n) is 2.44. The summed E-state index contributed by atoms with van der Waals surface area (Å²) in [6.07, 6.45) is 1.59. The van der Waals surface area contributed by atoms with Gasteiger partial charge in [0.25, 0.3) is 0 Å². The minimum atomic E-state index is -0.675. The van der Waals surface area contributed by atoms with E-state index in [1.165, 1.54) is 4.90 Å². The van der Waals surface area contributed by atoms with Gasteiger partial charge in [-0.3, -0.25) is 4.90 Å². The first-order chi connectivity index (χ1) is 10.1. The Hall–Kier alpha value is -1.20. The van der Waals surface area contributed by atoms with E-state index in [2.05, 4.69) is 30.5 Å². The number of thioether (sulfide) groups is 1. The lowest BCUT2D eigenvalue weighted by Crippen LogP contribution is -2.46. The topological polar surface area (TPSA) is 38.8 Å². The second-order valence-electron chi connectivity index (χ2n) is 6.92. The molecule has 0 saturated carbocycles. The van der Waals surface area contributed by atoms with Crippen LogP contribution in [0.3, 0.4) is 0 Å². The molecule has 4 nitrogen and oxygen atoms in total. The van der Waals surface area contributed by atoms with E-state index in [1.54, 1.807) is 16.7 Å². The number of amides is 1. The summed E-state index contributed by atoms with van der Waals surface area (Å²) in [7, 11) is 0. The molecule has 1 amide bonds. The van der Waals surface area contributed by atoms with Crippen LogP contribution in [0.25, 0.3) is 0 Å². The number of carbonyl (C=O) groups is 1. The zero-order valence-electron chi connectivity index (χ0n) is 14.2. The van der Waals surface area contributed by atoms with Crippen molar-refractivity contribution in [3.63, 3.8) is 0 Å². The lowest BCUT2D eigenvalue weighted by molar-refractivity contribution is -0.0789. The van der Waals surface area contributed by atoms with Crippen LogP contribution in [0.1, 0.15) is 46.3 Å². The van der Waals surface area contributed by atoms with Crippen molar-refractivity contribution in [2.45, 2.75) is 56.9 Å². The molecule has 1 heterocycles. The predicted octanol–water partition coefficient (Wildman–Crippen LogP) is 4.45. The van der Waals surface area contributed by atoms with Gasteiger partial charge in [0.05, 0.1) is 6.54 Å². The van der Waals surface area contributed by atoms with E-state index in [1.807, 2.05) is 34.6 Å². The molecular weight excluding hydrogens is 298 g/mol. The summed E-state index contributed by atoms with van der Waals surface area (Å²) in [4.78, 5) is 15.2. The first-order valence-corrected chi connectivity index (χ1v) is 8.67. The predicted molar refractivity (Wildman–Crippen MR) is 89.1 cm³/mol. The SMILES string of the molecule is CSc1ccc(C2CN(C(=O)OC(C)(C)C)C(C)(C)O2)cc1. The summed E-state index contributed by atoms with van der Waals surface area (Å²) in [5.74, 6) is 0. The van der Waals surface area contributed by atoms with Crippen molar-refractivity contribution in [2.24, 2.45) is 0 Å². The van der Waals surface area contributed by atoms with Gasteiger partial charge in [-0.1, -0.05) is 12.1 Å². The normalized spacial score (nSPS) is 21.0. The zero-order chi connectivity index (χ0) is 16.5. The van der Waals surface area contributed by atoms with Gasteiger partial charge in [0.1, 0.15) is 17.4 Å². The van der Waals surface area contributed by atoms with Crippen LogP contribution in [0.5, 0.6) is 0 Å². The molecule has 1 aromatic carbocycles. The number of carbonyl (C=O) groups excluding carboxylic acids is 1. The van der Waals surface area contributed by atoms with Crippen LogP contribution in [0, 0.1) is 0 Å².